The van der Waals surface area contributed by atoms with E-state index < -0.39 is 22.6 Å². The first-order chi connectivity index (χ1) is 7.31. The minimum Gasteiger partial charge on any atom is -0.476 e. The monoisotopic (exact) mass is 254 g/mol. The SMILES string of the molecule is COC(=O)CC1(CSC(F)(F)C(=O)O)CC1. The number of thioether (sulfide) groups is 1. The summed E-state index contributed by atoms with van der Waals surface area (Å²) in [5.41, 5.74) is -0.489. The molecule has 1 aliphatic carbocycles. The molecule has 0 unspecified atom stereocenters. The first-order valence-corrected chi connectivity index (χ1v) is 5.62. The lowest BCUT2D eigenvalue weighted by molar-refractivity contribution is -0.152. The molecule has 0 aromatic carbocycles. The van der Waals surface area contributed by atoms with Gasteiger partial charge in [-0.15, -0.1) is 0 Å². The quantitative estimate of drug-likeness (QED) is 0.731. The van der Waals surface area contributed by atoms with Crippen LogP contribution in [0.25, 0.3) is 0 Å². The van der Waals surface area contributed by atoms with Crippen LogP contribution in [0.2, 0.25) is 0 Å². The van der Waals surface area contributed by atoms with E-state index in [0.717, 1.165) is 0 Å². The summed E-state index contributed by atoms with van der Waals surface area (Å²) in [7, 11) is 1.23. The smallest absolute Gasteiger partial charge is 0.388 e. The molecule has 0 aromatic rings. The van der Waals surface area contributed by atoms with Crippen LogP contribution in [0.3, 0.4) is 0 Å². The molecule has 0 aliphatic heterocycles. The van der Waals surface area contributed by atoms with Crippen molar-refractivity contribution in [2.24, 2.45) is 5.41 Å². The number of ether oxygens (including phenoxy) is 1. The molecule has 0 atom stereocenters. The second-order valence-electron chi connectivity index (χ2n) is 3.86. The van der Waals surface area contributed by atoms with Gasteiger partial charge in [0.15, 0.2) is 0 Å². The summed E-state index contributed by atoms with van der Waals surface area (Å²) >= 11 is 0.0681. The first kappa shape index (κ1) is 13.2. The average molecular weight is 254 g/mol. The van der Waals surface area contributed by atoms with Crippen LogP contribution in [0, 0.1) is 5.41 Å². The highest BCUT2D eigenvalue weighted by Gasteiger charge is 2.49. The lowest BCUT2D eigenvalue weighted by Crippen LogP contribution is -2.26. The first-order valence-electron chi connectivity index (χ1n) is 4.63. The predicted molar refractivity (Wildman–Crippen MR) is 53.3 cm³/mol. The van der Waals surface area contributed by atoms with Crippen molar-refractivity contribution >= 4 is 23.7 Å². The van der Waals surface area contributed by atoms with Crippen LogP contribution in [-0.2, 0) is 14.3 Å². The van der Waals surface area contributed by atoms with E-state index in [1.165, 1.54) is 7.11 Å². The number of halogens is 2. The summed E-state index contributed by atoms with van der Waals surface area (Å²) in [6, 6.07) is 0. The molecule has 1 rings (SSSR count). The second kappa shape index (κ2) is 4.57. The third-order valence-electron chi connectivity index (χ3n) is 2.51. The zero-order valence-electron chi connectivity index (χ0n) is 8.66. The molecule has 92 valence electrons. The Balaban J connectivity index is 2.43. The van der Waals surface area contributed by atoms with Crippen LogP contribution in [-0.4, -0.2) is 35.2 Å². The Bertz CT molecular complexity index is 302. The molecule has 0 heterocycles. The van der Waals surface area contributed by atoms with Crippen molar-refractivity contribution in [3.8, 4) is 0 Å². The highest BCUT2D eigenvalue weighted by molar-refractivity contribution is 8.01. The van der Waals surface area contributed by atoms with E-state index in [1.54, 1.807) is 0 Å². The molecule has 0 spiro atoms. The number of alkyl halides is 2. The van der Waals surface area contributed by atoms with Gasteiger partial charge in [0.25, 0.3) is 0 Å². The molecule has 0 radical (unpaired) electrons. The average Bonchev–Trinajstić information content (AvgIpc) is 2.95. The van der Waals surface area contributed by atoms with E-state index >= 15 is 0 Å². The Labute approximate surface area is 95.3 Å². The predicted octanol–water partition coefficient (Wildman–Crippen LogP) is 1.74. The van der Waals surface area contributed by atoms with Crippen molar-refractivity contribution < 1.29 is 28.2 Å². The van der Waals surface area contributed by atoms with Gasteiger partial charge in [-0.05, 0) is 18.3 Å². The number of carbonyl (C=O) groups excluding carboxylic acids is 1. The molecule has 1 aliphatic rings. The number of hydrogen-bond acceptors (Lipinski definition) is 4. The molecule has 0 amide bonds. The van der Waals surface area contributed by atoms with Gasteiger partial charge in [-0.2, -0.15) is 8.78 Å². The third-order valence-corrected chi connectivity index (χ3v) is 3.81. The van der Waals surface area contributed by atoms with Gasteiger partial charge >= 0.3 is 17.2 Å². The second-order valence-corrected chi connectivity index (χ2v) is 4.95. The molecule has 0 bridgehead atoms. The van der Waals surface area contributed by atoms with Gasteiger partial charge in [0, 0.05) is 5.75 Å². The maximum absolute atomic E-state index is 12.8. The van der Waals surface area contributed by atoms with Crippen molar-refractivity contribution in [3.05, 3.63) is 0 Å². The van der Waals surface area contributed by atoms with Gasteiger partial charge in [0.05, 0.1) is 13.5 Å². The van der Waals surface area contributed by atoms with Gasteiger partial charge in [0.2, 0.25) is 0 Å². The minimum absolute atomic E-state index is 0.0403. The maximum atomic E-state index is 12.8. The molecule has 0 saturated heterocycles. The molecule has 1 saturated carbocycles. The number of aliphatic carboxylic acids is 1. The fourth-order valence-corrected chi connectivity index (χ4v) is 2.23. The fourth-order valence-electron chi connectivity index (χ4n) is 1.23. The van der Waals surface area contributed by atoms with Gasteiger partial charge < -0.3 is 9.84 Å². The maximum Gasteiger partial charge on any atom is 0.388 e. The van der Waals surface area contributed by atoms with Gasteiger partial charge in [0.1, 0.15) is 0 Å². The zero-order valence-corrected chi connectivity index (χ0v) is 9.48. The van der Waals surface area contributed by atoms with Crippen LogP contribution in [0.1, 0.15) is 19.3 Å². The van der Waals surface area contributed by atoms with E-state index in [2.05, 4.69) is 4.74 Å². The van der Waals surface area contributed by atoms with E-state index in [0.29, 0.717) is 12.8 Å². The van der Waals surface area contributed by atoms with E-state index in [1.807, 2.05) is 0 Å². The largest absolute Gasteiger partial charge is 0.476 e. The van der Waals surface area contributed by atoms with Gasteiger partial charge in [-0.25, -0.2) is 4.79 Å². The number of carboxylic acid groups (broad SMARTS) is 1. The number of carboxylic acids is 1. The fraction of sp³-hybridized carbons (Fsp3) is 0.778. The lowest BCUT2D eigenvalue weighted by Gasteiger charge is -2.16. The Morgan fingerprint density at radius 3 is 2.44 bits per heavy atom. The summed E-state index contributed by atoms with van der Waals surface area (Å²) in [4.78, 5) is 21.2. The Morgan fingerprint density at radius 1 is 1.50 bits per heavy atom. The highest BCUT2D eigenvalue weighted by Crippen LogP contribution is 2.53. The number of methoxy groups -OCH3 is 1. The molecular formula is C9H12F2O4S. The number of rotatable bonds is 6. The summed E-state index contributed by atoms with van der Waals surface area (Å²) in [5, 5.41) is 4.44. The van der Waals surface area contributed by atoms with Gasteiger partial charge in [-0.1, -0.05) is 11.8 Å². The summed E-state index contributed by atoms with van der Waals surface area (Å²) in [5.74, 6) is -2.63. The van der Waals surface area contributed by atoms with Crippen LogP contribution in [0.5, 0.6) is 0 Å². The summed E-state index contributed by atoms with van der Waals surface area (Å²) in [6.07, 6.45) is 1.39. The Morgan fingerprint density at radius 2 is 2.06 bits per heavy atom. The Hall–Kier alpha value is -0.850. The van der Waals surface area contributed by atoms with Crippen LogP contribution in [0.15, 0.2) is 0 Å². The molecule has 7 heteroatoms. The van der Waals surface area contributed by atoms with Gasteiger partial charge in [-0.3, -0.25) is 4.79 Å². The standard InChI is InChI=1S/C9H12F2O4S/c1-15-6(12)4-8(2-3-8)5-16-9(10,11)7(13)14/h2-5H2,1H3,(H,13,14). The highest BCUT2D eigenvalue weighted by atomic mass is 32.2. The van der Waals surface area contributed by atoms with Crippen molar-refractivity contribution in [1.29, 1.82) is 0 Å². The molecule has 16 heavy (non-hydrogen) atoms. The minimum atomic E-state index is -3.79. The van der Waals surface area contributed by atoms with E-state index in [4.69, 9.17) is 5.11 Å². The summed E-state index contributed by atoms with van der Waals surface area (Å²) < 4.78 is 30.0. The van der Waals surface area contributed by atoms with E-state index in [9.17, 15) is 18.4 Å². The third kappa shape index (κ3) is 3.33. The molecule has 1 N–H and O–H groups in total. The lowest BCUT2D eigenvalue weighted by atomic mass is 10.1. The molecular weight excluding hydrogens is 242 g/mol. The number of hydrogen-bond donors (Lipinski definition) is 1. The number of esters is 1. The van der Waals surface area contributed by atoms with Crippen molar-refractivity contribution in [1.82, 2.24) is 0 Å². The van der Waals surface area contributed by atoms with Crippen molar-refractivity contribution in [3.63, 3.8) is 0 Å². The Kier molecular flexibility index (Phi) is 3.77. The van der Waals surface area contributed by atoms with E-state index in [-0.39, 0.29) is 23.9 Å². The number of carbonyl (C=O) groups is 2. The topological polar surface area (TPSA) is 63.6 Å². The van der Waals surface area contributed by atoms with Crippen molar-refractivity contribution in [2.45, 2.75) is 24.5 Å². The summed E-state index contributed by atoms with van der Waals surface area (Å²) in [6.45, 7) is 0. The van der Waals surface area contributed by atoms with Crippen LogP contribution in [0.4, 0.5) is 8.78 Å². The molecule has 1 fully saturated rings. The van der Waals surface area contributed by atoms with Crippen molar-refractivity contribution in [2.75, 3.05) is 12.9 Å². The molecule has 0 aromatic heterocycles. The van der Waals surface area contributed by atoms with Crippen LogP contribution < -0.4 is 0 Å². The van der Waals surface area contributed by atoms with Crippen LogP contribution >= 0.6 is 11.8 Å². The zero-order chi connectivity index (χ0) is 12.4. The molecule has 4 nitrogen and oxygen atoms in total. The normalized spacial score (nSPS) is 17.9.